The summed E-state index contributed by atoms with van der Waals surface area (Å²) < 4.78 is 6.93. The van der Waals surface area contributed by atoms with Crippen molar-refractivity contribution in [1.29, 1.82) is 0 Å². The van der Waals surface area contributed by atoms with Crippen molar-refractivity contribution in [2.45, 2.75) is 85.2 Å². The summed E-state index contributed by atoms with van der Waals surface area (Å²) in [6.45, 7) is 8.41. The van der Waals surface area contributed by atoms with Gasteiger partial charge in [-0.25, -0.2) is 0 Å². The van der Waals surface area contributed by atoms with Crippen LogP contribution in [0.4, 0.5) is 0 Å². The number of ether oxygens (including phenoxy) is 1. The van der Waals surface area contributed by atoms with Crippen LogP contribution in [0.3, 0.4) is 0 Å². The molecule has 0 amide bonds. The van der Waals surface area contributed by atoms with E-state index in [1.807, 2.05) is 0 Å². The van der Waals surface area contributed by atoms with Gasteiger partial charge in [-0.05, 0) is 37.0 Å². The lowest BCUT2D eigenvalue weighted by Gasteiger charge is -2.37. The van der Waals surface area contributed by atoms with Crippen molar-refractivity contribution >= 4 is 11.7 Å². The van der Waals surface area contributed by atoms with Crippen molar-refractivity contribution in [2.75, 3.05) is 6.61 Å². The maximum Gasteiger partial charge on any atom is 0.233 e. The molecule has 1 aliphatic rings. The molecule has 0 spiro atoms. The summed E-state index contributed by atoms with van der Waals surface area (Å²) in [5.74, 6) is -0.276. The summed E-state index contributed by atoms with van der Waals surface area (Å²) in [4.78, 5) is 25.0. The highest BCUT2D eigenvalue weighted by molar-refractivity contribution is 6.03. The molecule has 1 aliphatic carbocycles. The first kappa shape index (κ1) is 23.5. The summed E-state index contributed by atoms with van der Waals surface area (Å²) in [5, 5.41) is 20.5. The number of carbonyl (C=O) groups excluding carboxylic acids is 2. The van der Waals surface area contributed by atoms with Crippen LogP contribution in [-0.4, -0.2) is 39.2 Å². The number of unbranched alkanes of at least 4 members (excludes halogenated alkanes) is 3. The highest BCUT2D eigenvalue weighted by Crippen LogP contribution is 2.36. The third-order valence-electron chi connectivity index (χ3n) is 6.14. The Labute approximate surface area is 174 Å². The van der Waals surface area contributed by atoms with Gasteiger partial charge in [0, 0.05) is 6.42 Å². The van der Waals surface area contributed by atoms with Crippen molar-refractivity contribution in [3.05, 3.63) is 11.8 Å². The fraction of sp³-hybridized carbons (Fsp3) is 0.739. The summed E-state index contributed by atoms with van der Waals surface area (Å²) >= 11 is 0. The topological polar surface area (TPSA) is 88.8 Å². The molecule has 1 saturated carbocycles. The molecule has 0 radical (unpaired) electrons. The van der Waals surface area contributed by atoms with E-state index in [2.05, 4.69) is 27.7 Å². The number of carbonyl (C=O) groups is 2. The number of hydrogen-bond donors (Lipinski definition) is 2. The number of rotatable bonds is 10. The second kappa shape index (κ2) is 10.8. The molecular formula is C23H37NO5. The van der Waals surface area contributed by atoms with Crippen LogP contribution in [0.15, 0.2) is 6.20 Å². The highest BCUT2D eigenvalue weighted by Gasteiger charge is 2.33. The minimum atomic E-state index is -0.502. The predicted octanol–water partition coefficient (Wildman–Crippen LogP) is 5.17. The zero-order chi connectivity index (χ0) is 21.6. The molecule has 1 heterocycles. The Bertz CT molecular complexity index is 694. The summed E-state index contributed by atoms with van der Waals surface area (Å²) in [6, 6.07) is 0. The van der Waals surface area contributed by atoms with Crippen molar-refractivity contribution in [2.24, 2.45) is 17.8 Å². The lowest BCUT2D eigenvalue weighted by atomic mass is 9.75. The lowest BCUT2D eigenvalue weighted by molar-refractivity contribution is -0.0310. The van der Waals surface area contributed by atoms with Crippen molar-refractivity contribution in [1.82, 2.24) is 4.57 Å². The molecule has 29 heavy (non-hydrogen) atoms. The number of aromatic nitrogens is 1. The normalized spacial score (nSPS) is 22.2. The van der Waals surface area contributed by atoms with Gasteiger partial charge < -0.3 is 14.9 Å². The van der Waals surface area contributed by atoms with E-state index in [4.69, 9.17) is 4.74 Å². The molecule has 2 rings (SSSR count). The van der Waals surface area contributed by atoms with Gasteiger partial charge in [-0.1, -0.05) is 53.4 Å². The Hall–Kier alpha value is -1.82. The standard InChI is InChI=1S/C23H37NO5/c1-5-6-7-8-9-21(27)24-13-18(25)22(23(24)28)19(26)14-29-20-12-16(4)10-11-17(20)15(2)3/h13,15-17,20,25,28H,5-12,14H2,1-4H3. The molecule has 3 unspecified atom stereocenters. The Morgan fingerprint density at radius 2 is 1.93 bits per heavy atom. The van der Waals surface area contributed by atoms with Crippen LogP contribution in [0.5, 0.6) is 11.6 Å². The SMILES string of the molecule is CCCCCCC(=O)n1cc(O)c(C(=O)COC2CC(C)CCC2C(C)C)c1O. The van der Waals surface area contributed by atoms with Gasteiger partial charge in [-0.15, -0.1) is 0 Å². The number of ketones is 1. The van der Waals surface area contributed by atoms with Gasteiger partial charge in [-0.3, -0.25) is 14.2 Å². The molecule has 164 valence electrons. The molecule has 6 heteroatoms. The largest absolute Gasteiger partial charge is 0.505 e. The van der Waals surface area contributed by atoms with E-state index in [1.54, 1.807) is 0 Å². The fourth-order valence-electron chi connectivity index (χ4n) is 4.33. The second-order valence-corrected chi connectivity index (χ2v) is 8.89. The smallest absolute Gasteiger partial charge is 0.233 e. The van der Waals surface area contributed by atoms with Crippen molar-refractivity contribution < 1.29 is 24.5 Å². The maximum atomic E-state index is 12.7. The van der Waals surface area contributed by atoms with Crippen molar-refractivity contribution in [3.63, 3.8) is 0 Å². The van der Waals surface area contributed by atoms with Gasteiger partial charge in [-0.2, -0.15) is 0 Å². The van der Waals surface area contributed by atoms with Crippen LogP contribution in [0.1, 0.15) is 94.2 Å². The quantitative estimate of drug-likeness (QED) is 0.412. The molecular weight excluding hydrogens is 370 g/mol. The zero-order valence-corrected chi connectivity index (χ0v) is 18.3. The van der Waals surface area contributed by atoms with Crippen molar-refractivity contribution in [3.8, 4) is 11.6 Å². The van der Waals surface area contributed by atoms with Gasteiger partial charge in [0.2, 0.25) is 11.8 Å². The Morgan fingerprint density at radius 1 is 1.21 bits per heavy atom. The van der Waals surface area contributed by atoms with E-state index in [0.29, 0.717) is 24.2 Å². The number of Topliss-reactive ketones (excluding diaryl/α,β-unsaturated/α-hetero) is 1. The average Bonchev–Trinajstić information content (AvgIpc) is 2.97. The number of nitrogens with zero attached hydrogens (tertiary/aromatic N) is 1. The van der Waals surface area contributed by atoms with Gasteiger partial charge in [0.1, 0.15) is 17.9 Å². The summed E-state index contributed by atoms with van der Waals surface area (Å²) in [7, 11) is 0. The fourth-order valence-corrected chi connectivity index (χ4v) is 4.33. The van der Waals surface area contributed by atoms with Gasteiger partial charge in [0.05, 0.1) is 12.3 Å². The molecule has 0 saturated heterocycles. The van der Waals surface area contributed by atoms with Crippen LogP contribution < -0.4 is 0 Å². The average molecular weight is 408 g/mol. The van der Waals surface area contributed by atoms with E-state index >= 15 is 0 Å². The summed E-state index contributed by atoms with van der Waals surface area (Å²) in [5.41, 5.74) is -0.225. The van der Waals surface area contributed by atoms with Crippen LogP contribution >= 0.6 is 0 Å². The lowest BCUT2D eigenvalue weighted by Crippen LogP contribution is -2.35. The second-order valence-electron chi connectivity index (χ2n) is 8.89. The maximum absolute atomic E-state index is 12.7. The first-order valence-corrected chi connectivity index (χ1v) is 11.1. The van der Waals surface area contributed by atoms with Gasteiger partial charge >= 0.3 is 0 Å². The summed E-state index contributed by atoms with van der Waals surface area (Å²) in [6.07, 6.45) is 8.32. The third kappa shape index (κ3) is 6.08. The molecule has 0 aliphatic heterocycles. The molecule has 6 nitrogen and oxygen atoms in total. The molecule has 3 atom stereocenters. The van der Waals surface area contributed by atoms with Crippen LogP contribution in [-0.2, 0) is 4.74 Å². The molecule has 2 N–H and O–H groups in total. The highest BCUT2D eigenvalue weighted by atomic mass is 16.5. The minimum absolute atomic E-state index is 0.00531. The minimum Gasteiger partial charge on any atom is -0.505 e. The van der Waals surface area contributed by atoms with Crippen LogP contribution in [0.2, 0.25) is 0 Å². The van der Waals surface area contributed by atoms with Gasteiger partial charge in [0.25, 0.3) is 0 Å². The molecule has 0 aromatic carbocycles. The molecule has 1 aromatic heterocycles. The Kier molecular flexibility index (Phi) is 8.75. The van der Waals surface area contributed by atoms with E-state index < -0.39 is 11.7 Å². The Morgan fingerprint density at radius 3 is 2.59 bits per heavy atom. The monoisotopic (exact) mass is 407 g/mol. The molecule has 1 aromatic rings. The van der Waals surface area contributed by atoms with E-state index in [0.717, 1.165) is 42.9 Å². The first-order chi connectivity index (χ1) is 13.8. The number of hydrogen-bond acceptors (Lipinski definition) is 5. The first-order valence-electron chi connectivity index (χ1n) is 11.1. The predicted molar refractivity (Wildman–Crippen MR) is 113 cm³/mol. The van der Waals surface area contributed by atoms with E-state index in [1.165, 1.54) is 6.42 Å². The van der Waals surface area contributed by atoms with Crippen LogP contribution in [0.25, 0.3) is 0 Å². The van der Waals surface area contributed by atoms with Crippen LogP contribution in [0, 0.1) is 17.8 Å². The molecule has 1 fully saturated rings. The number of aromatic hydroxyl groups is 2. The molecule has 0 bridgehead atoms. The Balaban J connectivity index is 2.01. The zero-order valence-electron chi connectivity index (χ0n) is 18.3. The van der Waals surface area contributed by atoms with E-state index in [9.17, 15) is 19.8 Å². The third-order valence-corrected chi connectivity index (χ3v) is 6.14. The van der Waals surface area contributed by atoms with Gasteiger partial charge in [0.15, 0.2) is 5.78 Å². The van der Waals surface area contributed by atoms with E-state index in [-0.39, 0.29) is 36.4 Å².